The summed E-state index contributed by atoms with van der Waals surface area (Å²) in [6, 6.07) is 15.0. The molecule has 4 N–H and O–H groups in total. The standard InChI is InChI=1S/C25H29N3O3/c1-17(14-25(30)27-31)18-6-8-22-19(15-18)7-9-24(22)28(12-13-29)11-10-20-16-26-23-5-3-2-4-21(20)23/h2-6,8,14-16,24,26,29,31H,7,9-13H2,1H3,(H,27,30)/b17-14-/t24-/m1/s1. The number of aromatic nitrogens is 1. The number of amides is 1. The fraction of sp³-hybridized carbons (Fsp3) is 0.320. The molecule has 0 aliphatic heterocycles. The lowest BCUT2D eigenvalue weighted by atomic mass is 9.99. The highest BCUT2D eigenvalue weighted by atomic mass is 16.5. The van der Waals surface area contributed by atoms with E-state index in [4.69, 9.17) is 5.21 Å². The van der Waals surface area contributed by atoms with E-state index in [-0.39, 0.29) is 12.6 Å². The van der Waals surface area contributed by atoms with Gasteiger partial charge in [-0.1, -0.05) is 36.4 Å². The van der Waals surface area contributed by atoms with Gasteiger partial charge in [0.25, 0.3) is 5.91 Å². The summed E-state index contributed by atoms with van der Waals surface area (Å²) in [5.74, 6) is -0.526. The molecule has 1 aromatic heterocycles. The second-order valence-electron chi connectivity index (χ2n) is 8.14. The van der Waals surface area contributed by atoms with Crippen LogP contribution in [0, 0.1) is 0 Å². The van der Waals surface area contributed by atoms with Crippen LogP contribution in [0.4, 0.5) is 0 Å². The number of hydrogen-bond donors (Lipinski definition) is 4. The second kappa shape index (κ2) is 9.47. The van der Waals surface area contributed by atoms with E-state index in [1.54, 1.807) is 5.48 Å². The number of nitrogens with one attached hydrogen (secondary N) is 2. The number of carbonyl (C=O) groups excluding carboxylic acids is 1. The van der Waals surface area contributed by atoms with Crippen LogP contribution in [-0.4, -0.2) is 45.8 Å². The number of H-pyrrole nitrogens is 1. The lowest BCUT2D eigenvalue weighted by molar-refractivity contribution is -0.124. The summed E-state index contributed by atoms with van der Waals surface area (Å²) >= 11 is 0. The number of hydroxylamine groups is 1. The van der Waals surface area contributed by atoms with Gasteiger partial charge in [-0.3, -0.25) is 14.9 Å². The molecule has 1 heterocycles. The van der Waals surface area contributed by atoms with Crippen LogP contribution < -0.4 is 5.48 Å². The molecule has 31 heavy (non-hydrogen) atoms. The number of allylic oxidation sites excluding steroid dienone is 1. The molecule has 0 saturated heterocycles. The molecule has 2 aromatic carbocycles. The van der Waals surface area contributed by atoms with Crippen LogP contribution in [0.1, 0.15) is 41.6 Å². The minimum Gasteiger partial charge on any atom is -0.395 e. The lowest BCUT2D eigenvalue weighted by Gasteiger charge is -2.29. The molecule has 0 saturated carbocycles. The number of aliphatic hydroxyl groups is 1. The van der Waals surface area contributed by atoms with Gasteiger partial charge >= 0.3 is 0 Å². The van der Waals surface area contributed by atoms with E-state index in [2.05, 4.69) is 46.4 Å². The highest BCUT2D eigenvalue weighted by Gasteiger charge is 2.28. The van der Waals surface area contributed by atoms with Gasteiger partial charge in [-0.2, -0.15) is 0 Å². The van der Waals surface area contributed by atoms with Crippen LogP contribution >= 0.6 is 0 Å². The Kier molecular flexibility index (Phi) is 6.51. The highest BCUT2D eigenvalue weighted by molar-refractivity contribution is 5.94. The largest absolute Gasteiger partial charge is 0.395 e. The van der Waals surface area contributed by atoms with Crippen LogP contribution in [0.25, 0.3) is 16.5 Å². The number of hydrogen-bond acceptors (Lipinski definition) is 4. The van der Waals surface area contributed by atoms with Crippen molar-refractivity contribution in [3.8, 4) is 0 Å². The van der Waals surface area contributed by atoms with E-state index in [0.717, 1.165) is 42.5 Å². The van der Waals surface area contributed by atoms with Crippen molar-refractivity contribution in [1.82, 2.24) is 15.4 Å². The second-order valence-corrected chi connectivity index (χ2v) is 8.14. The average Bonchev–Trinajstić information content (AvgIpc) is 3.40. The first kappa shape index (κ1) is 21.3. The van der Waals surface area contributed by atoms with E-state index >= 15 is 0 Å². The molecule has 1 aliphatic rings. The van der Waals surface area contributed by atoms with Crippen LogP contribution in [-0.2, 0) is 17.6 Å². The topological polar surface area (TPSA) is 88.6 Å². The zero-order chi connectivity index (χ0) is 21.8. The molecule has 162 valence electrons. The van der Waals surface area contributed by atoms with Gasteiger partial charge in [0.1, 0.15) is 0 Å². The molecule has 0 unspecified atom stereocenters. The monoisotopic (exact) mass is 419 g/mol. The molecule has 0 fully saturated rings. The molecule has 0 bridgehead atoms. The Labute approximate surface area is 182 Å². The molecule has 3 aromatic rings. The van der Waals surface area contributed by atoms with Crippen LogP contribution in [0.2, 0.25) is 0 Å². The van der Waals surface area contributed by atoms with E-state index in [0.29, 0.717) is 6.54 Å². The first-order chi connectivity index (χ1) is 15.1. The van der Waals surface area contributed by atoms with E-state index in [9.17, 15) is 9.90 Å². The molecular weight excluding hydrogens is 390 g/mol. The zero-order valence-electron chi connectivity index (χ0n) is 17.8. The first-order valence-corrected chi connectivity index (χ1v) is 10.8. The molecule has 1 amide bonds. The molecule has 4 rings (SSSR count). The third kappa shape index (κ3) is 4.56. The number of nitrogens with zero attached hydrogens (tertiary/aromatic N) is 1. The number of fused-ring (bicyclic) bond motifs is 2. The third-order valence-corrected chi connectivity index (χ3v) is 6.27. The summed E-state index contributed by atoms with van der Waals surface area (Å²) in [4.78, 5) is 17.2. The number of aromatic amines is 1. The highest BCUT2D eigenvalue weighted by Crippen LogP contribution is 2.37. The maximum absolute atomic E-state index is 11.4. The van der Waals surface area contributed by atoms with Gasteiger partial charge in [-0.15, -0.1) is 0 Å². The van der Waals surface area contributed by atoms with Crippen molar-refractivity contribution in [2.75, 3.05) is 19.7 Å². The Morgan fingerprint density at radius 3 is 2.90 bits per heavy atom. The summed E-state index contributed by atoms with van der Waals surface area (Å²) in [6.45, 7) is 3.52. The van der Waals surface area contributed by atoms with Crippen molar-refractivity contribution >= 4 is 22.4 Å². The Bertz CT molecular complexity index is 1100. The Hall–Kier alpha value is -2.93. The lowest BCUT2D eigenvalue weighted by Crippen LogP contribution is -2.32. The number of aryl methyl sites for hydroxylation is 1. The average molecular weight is 420 g/mol. The van der Waals surface area contributed by atoms with Crippen LogP contribution in [0.3, 0.4) is 0 Å². The summed E-state index contributed by atoms with van der Waals surface area (Å²) in [5.41, 5.74) is 8.48. The zero-order valence-corrected chi connectivity index (χ0v) is 17.8. The molecule has 0 spiro atoms. The normalized spacial score (nSPS) is 16.1. The van der Waals surface area contributed by atoms with Gasteiger partial charge in [0, 0.05) is 42.3 Å². The van der Waals surface area contributed by atoms with Gasteiger partial charge in [0.05, 0.1) is 6.61 Å². The minimum absolute atomic E-state index is 0.135. The van der Waals surface area contributed by atoms with Crippen LogP contribution in [0.5, 0.6) is 0 Å². The van der Waals surface area contributed by atoms with Gasteiger partial charge in [-0.25, -0.2) is 5.48 Å². The number of benzene rings is 2. The van der Waals surface area contributed by atoms with E-state index in [1.165, 1.54) is 28.2 Å². The number of rotatable bonds is 8. The van der Waals surface area contributed by atoms with E-state index < -0.39 is 5.91 Å². The van der Waals surface area contributed by atoms with Crippen molar-refractivity contribution in [3.05, 3.63) is 77.0 Å². The maximum atomic E-state index is 11.4. The molecule has 6 heteroatoms. The molecule has 0 radical (unpaired) electrons. The van der Waals surface area contributed by atoms with Gasteiger partial charge in [-0.05, 0) is 60.1 Å². The van der Waals surface area contributed by atoms with Crippen molar-refractivity contribution < 1.29 is 15.1 Å². The maximum Gasteiger partial charge on any atom is 0.267 e. The predicted molar refractivity (Wildman–Crippen MR) is 122 cm³/mol. The number of aliphatic hydroxyl groups excluding tert-OH is 1. The fourth-order valence-electron chi connectivity index (χ4n) is 4.69. The molecule has 1 atom stereocenters. The Morgan fingerprint density at radius 2 is 2.10 bits per heavy atom. The quantitative estimate of drug-likeness (QED) is 0.255. The first-order valence-electron chi connectivity index (χ1n) is 10.8. The smallest absolute Gasteiger partial charge is 0.267 e. The Balaban J connectivity index is 1.51. The summed E-state index contributed by atoms with van der Waals surface area (Å²) in [7, 11) is 0. The fourth-order valence-corrected chi connectivity index (χ4v) is 4.69. The van der Waals surface area contributed by atoms with Crippen molar-refractivity contribution in [3.63, 3.8) is 0 Å². The van der Waals surface area contributed by atoms with Gasteiger partial charge in [0.15, 0.2) is 0 Å². The van der Waals surface area contributed by atoms with Gasteiger partial charge < -0.3 is 10.1 Å². The van der Waals surface area contributed by atoms with Gasteiger partial charge in [0.2, 0.25) is 0 Å². The SMILES string of the molecule is C/C(=C/C(=O)NO)c1ccc2c(c1)CC[C@H]2N(CCO)CCc1c[nH]c2ccccc12. The predicted octanol–water partition coefficient (Wildman–Crippen LogP) is 3.60. The number of para-hydroxylation sites is 1. The minimum atomic E-state index is -0.526. The molecule has 6 nitrogen and oxygen atoms in total. The van der Waals surface area contributed by atoms with E-state index in [1.807, 2.05) is 19.1 Å². The summed E-state index contributed by atoms with van der Waals surface area (Å²) < 4.78 is 0. The van der Waals surface area contributed by atoms with Crippen LogP contribution in [0.15, 0.2) is 54.7 Å². The third-order valence-electron chi connectivity index (χ3n) is 6.27. The Morgan fingerprint density at radius 1 is 1.26 bits per heavy atom. The summed E-state index contributed by atoms with van der Waals surface area (Å²) in [6.07, 6.45) is 6.41. The van der Waals surface area contributed by atoms with Crippen molar-refractivity contribution in [2.45, 2.75) is 32.2 Å². The summed E-state index contributed by atoms with van der Waals surface area (Å²) in [5, 5.41) is 19.7. The molecular formula is C25H29N3O3. The van der Waals surface area contributed by atoms with Crippen molar-refractivity contribution in [1.29, 1.82) is 0 Å². The van der Waals surface area contributed by atoms with Crippen molar-refractivity contribution in [2.24, 2.45) is 0 Å². The molecule has 1 aliphatic carbocycles. The number of carbonyl (C=O) groups is 1.